The van der Waals surface area contributed by atoms with E-state index in [0.29, 0.717) is 17.9 Å². The molecule has 38 heavy (non-hydrogen) atoms. The SMILES string of the molecule is CCCc1nc(-c2ccc(Oc3ccc(CCC(NC(C)=O)(C(=O)OCC)C(=O)OCC)cc3)cc2)co1. The van der Waals surface area contributed by atoms with E-state index in [2.05, 4.69) is 17.2 Å². The highest BCUT2D eigenvalue weighted by molar-refractivity contribution is 6.07. The molecular weight excluding hydrogens is 488 g/mol. The maximum absolute atomic E-state index is 12.8. The molecule has 0 saturated carbocycles. The smallest absolute Gasteiger partial charge is 0.343 e. The molecule has 0 aliphatic heterocycles. The Morgan fingerprint density at radius 2 is 1.45 bits per heavy atom. The maximum atomic E-state index is 12.8. The summed E-state index contributed by atoms with van der Waals surface area (Å²) in [5.41, 5.74) is 0.635. The van der Waals surface area contributed by atoms with Gasteiger partial charge in [0.15, 0.2) is 5.89 Å². The topological polar surface area (TPSA) is 117 Å². The van der Waals surface area contributed by atoms with Crippen molar-refractivity contribution in [2.75, 3.05) is 13.2 Å². The molecule has 0 saturated heterocycles. The molecule has 0 bridgehead atoms. The van der Waals surface area contributed by atoms with Crippen LogP contribution >= 0.6 is 0 Å². The summed E-state index contributed by atoms with van der Waals surface area (Å²) in [6.07, 6.45) is 3.72. The van der Waals surface area contributed by atoms with Gasteiger partial charge in [-0.3, -0.25) is 4.79 Å². The summed E-state index contributed by atoms with van der Waals surface area (Å²) in [6.45, 7) is 6.70. The number of rotatable bonds is 13. The van der Waals surface area contributed by atoms with Crippen LogP contribution in [0, 0.1) is 0 Å². The molecule has 0 aliphatic rings. The molecule has 202 valence electrons. The predicted molar refractivity (Wildman–Crippen MR) is 141 cm³/mol. The summed E-state index contributed by atoms with van der Waals surface area (Å²) in [5, 5.41) is 2.48. The summed E-state index contributed by atoms with van der Waals surface area (Å²) in [7, 11) is 0. The Labute approximate surface area is 222 Å². The predicted octanol–water partition coefficient (Wildman–Crippen LogP) is 5.02. The van der Waals surface area contributed by atoms with E-state index in [9.17, 15) is 14.4 Å². The molecule has 0 aliphatic carbocycles. The molecule has 0 radical (unpaired) electrons. The molecule has 9 nitrogen and oxygen atoms in total. The first kappa shape index (κ1) is 28.4. The average molecular weight is 523 g/mol. The maximum Gasteiger partial charge on any atom is 0.343 e. The number of benzene rings is 2. The minimum absolute atomic E-state index is 0.0199. The molecule has 1 heterocycles. The van der Waals surface area contributed by atoms with Crippen LogP contribution in [-0.2, 0) is 36.7 Å². The van der Waals surface area contributed by atoms with Gasteiger partial charge in [0, 0.05) is 18.9 Å². The van der Waals surface area contributed by atoms with Crippen molar-refractivity contribution in [3.05, 3.63) is 66.2 Å². The van der Waals surface area contributed by atoms with Crippen molar-refractivity contribution in [3.8, 4) is 22.8 Å². The third kappa shape index (κ3) is 7.21. The number of oxazole rings is 1. The number of carbonyl (C=O) groups excluding carboxylic acids is 3. The van der Waals surface area contributed by atoms with E-state index in [1.807, 2.05) is 36.4 Å². The highest BCUT2D eigenvalue weighted by atomic mass is 16.6. The summed E-state index contributed by atoms with van der Waals surface area (Å²) in [4.78, 5) is 41.9. The Hall–Kier alpha value is -4.14. The van der Waals surface area contributed by atoms with Crippen LogP contribution in [0.3, 0.4) is 0 Å². The van der Waals surface area contributed by atoms with Crippen LogP contribution in [-0.4, -0.2) is 41.6 Å². The lowest BCUT2D eigenvalue weighted by Gasteiger charge is -2.29. The number of amides is 1. The van der Waals surface area contributed by atoms with Gasteiger partial charge in [0.25, 0.3) is 0 Å². The summed E-state index contributed by atoms with van der Waals surface area (Å²) >= 11 is 0. The fraction of sp³-hybridized carbons (Fsp3) is 0.379. The van der Waals surface area contributed by atoms with Gasteiger partial charge in [-0.05, 0) is 75.1 Å². The van der Waals surface area contributed by atoms with E-state index in [4.69, 9.17) is 18.6 Å². The van der Waals surface area contributed by atoms with Gasteiger partial charge in [-0.1, -0.05) is 19.1 Å². The number of nitrogens with one attached hydrogen (secondary N) is 1. The van der Waals surface area contributed by atoms with Crippen molar-refractivity contribution in [2.24, 2.45) is 0 Å². The first-order valence-electron chi connectivity index (χ1n) is 12.8. The second kappa shape index (κ2) is 13.4. The van der Waals surface area contributed by atoms with Crippen LogP contribution in [0.15, 0.2) is 59.2 Å². The quantitative estimate of drug-likeness (QED) is 0.246. The Balaban J connectivity index is 1.68. The zero-order valence-electron chi connectivity index (χ0n) is 22.2. The Kier molecular flexibility index (Phi) is 10.0. The molecule has 2 aromatic carbocycles. The van der Waals surface area contributed by atoms with Crippen molar-refractivity contribution < 1.29 is 33.0 Å². The van der Waals surface area contributed by atoms with Gasteiger partial charge in [-0.25, -0.2) is 14.6 Å². The minimum Gasteiger partial charge on any atom is -0.464 e. The van der Waals surface area contributed by atoms with Crippen LogP contribution in [0.4, 0.5) is 0 Å². The van der Waals surface area contributed by atoms with E-state index in [1.54, 1.807) is 32.2 Å². The van der Waals surface area contributed by atoms with Gasteiger partial charge in [0.1, 0.15) is 23.5 Å². The first-order valence-corrected chi connectivity index (χ1v) is 12.8. The number of ether oxygens (including phenoxy) is 3. The second-order valence-corrected chi connectivity index (χ2v) is 8.67. The van der Waals surface area contributed by atoms with Gasteiger partial charge < -0.3 is 23.9 Å². The number of nitrogens with zero attached hydrogens (tertiary/aromatic N) is 1. The average Bonchev–Trinajstić information content (AvgIpc) is 3.37. The molecular formula is C29H34N2O7. The largest absolute Gasteiger partial charge is 0.464 e. The molecule has 0 atom stereocenters. The van der Waals surface area contributed by atoms with Crippen molar-refractivity contribution in [1.29, 1.82) is 0 Å². The molecule has 0 unspecified atom stereocenters. The van der Waals surface area contributed by atoms with Gasteiger partial charge in [-0.2, -0.15) is 0 Å². The number of carbonyl (C=O) groups is 3. The Bertz CT molecular complexity index is 1200. The third-order valence-electron chi connectivity index (χ3n) is 5.75. The highest BCUT2D eigenvalue weighted by Gasteiger charge is 2.49. The highest BCUT2D eigenvalue weighted by Crippen LogP contribution is 2.27. The van der Waals surface area contributed by atoms with Crippen molar-refractivity contribution >= 4 is 17.8 Å². The molecule has 0 spiro atoms. The number of hydrogen-bond donors (Lipinski definition) is 1. The van der Waals surface area contributed by atoms with Gasteiger partial charge in [-0.15, -0.1) is 0 Å². The molecule has 3 aromatic rings. The standard InChI is InChI=1S/C29H34N2O7/c1-5-8-26-30-25(19-37-26)22-11-15-24(16-12-22)38-23-13-9-21(10-14-23)17-18-29(31-20(4)32,27(33)35-6-2)28(34)36-7-3/h9-16,19H,5-8,17-18H2,1-4H3,(H,31,32). The van der Waals surface area contributed by atoms with Gasteiger partial charge in [0.05, 0.1) is 13.2 Å². The van der Waals surface area contributed by atoms with E-state index in [0.717, 1.165) is 35.6 Å². The minimum atomic E-state index is -1.92. The van der Waals surface area contributed by atoms with Crippen LogP contribution in [0.1, 0.15) is 52.0 Å². The fourth-order valence-corrected chi connectivity index (χ4v) is 3.92. The summed E-state index contributed by atoms with van der Waals surface area (Å²) < 4.78 is 21.7. The lowest BCUT2D eigenvalue weighted by molar-refractivity contribution is -0.168. The fourth-order valence-electron chi connectivity index (χ4n) is 3.92. The summed E-state index contributed by atoms with van der Waals surface area (Å²) in [5.74, 6) is -0.216. The van der Waals surface area contributed by atoms with Crippen molar-refractivity contribution in [3.63, 3.8) is 0 Å². The number of esters is 2. The molecule has 1 N–H and O–H groups in total. The van der Waals surface area contributed by atoms with E-state index in [1.165, 1.54) is 6.92 Å². The Morgan fingerprint density at radius 3 is 1.97 bits per heavy atom. The Morgan fingerprint density at radius 1 is 0.868 bits per heavy atom. The van der Waals surface area contributed by atoms with Crippen LogP contribution in [0.2, 0.25) is 0 Å². The van der Waals surface area contributed by atoms with E-state index >= 15 is 0 Å². The second-order valence-electron chi connectivity index (χ2n) is 8.67. The molecule has 3 rings (SSSR count). The van der Waals surface area contributed by atoms with Gasteiger partial charge >= 0.3 is 11.9 Å². The van der Waals surface area contributed by atoms with Gasteiger partial charge in [0.2, 0.25) is 11.4 Å². The zero-order valence-corrected chi connectivity index (χ0v) is 22.2. The number of hydrogen-bond acceptors (Lipinski definition) is 8. The van der Waals surface area contributed by atoms with Crippen LogP contribution in [0.5, 0.6) is 11.5 Å². The monoisotopic (exact) mass is 522 g/mol. The van der Waals surface area contributed by atoms with Crippen LogP contribution < -0.4 is 10.1 Å². The van der Waals surface area contributed by atoms with Crippen LogP contribution in [0.25, 0.3) is 11.3 Å². The lowest BCUT2D eigenvalue weighted by atomic mass is 9.90. The zero-order chi connectivity index (χ0) is 27.5. The van der Waals surface area contributed by atoms with Crippen molar-refractivity contribution in [2.45, 2.75) is 58.9 Å². The summed E-state index contributed by atoms with van der Waals surface area (Å²) in [6, 6.07) is 14.8. The van der Waals surface area contributed by atoms with Crippen molar-refractivity contribution in [1.82, 2.24) is 10.3 Å². The number of aromatic nitrogens is 1. The molecule has 0 fully saturated rings. The molecule has 1 aromatic heterocycles. The number of aryl methyl sites for hydroxylation is 2. The van der Waals surface area contributed by atoms with E-state index in [-0.39, 0.29) is 19.6 Å². The lowest BCUT2D eigenvalue weighted by Crippen LogP contribution is -2.61. The first-order chi connectivity index (χ1) is 18.3. The molecule has 1 amide bonds. The molecule has 9 heteroatoms. The third-order valence-corrected chi connectivity index (χ3v) is 5.75. The normalized spacial score (nSPS) is 11.1. The van der Waals surface area contributed by atoms with E-state index < -0.39 is 23.4 Å².